The Morgan fingerprint density at radius 1 is 1.18 bits per heavy atom. The summed E-state index contributed by atoms with van der Waals surface area (Å²) < 4.78 is 6.25. The van der Waals surface area contributed by atoms with Gasteiger partial charge in [0.1, 0.15) is 11.9 Å². The van der Waals surface area contributed by atoms with Gasteiger partial charge < -0.3 is 4.74 Å². The summed E-state index contributed by atoms with van der Waals surface area (Å²) in [4.78, 5) is 0. The molecule has 1 nitrogen and oxygen atoms in total. The summed E-state index contributed by atoms with van der Waals surface area (Å²) in [6.45, 7) is 4.00. The molecule has 2 bridgehead atoms. The lowest BCUT2D eigenvalue weighted by atomic mass is 9.75. The van der Waals surface area contributed by atoms with E-state index in [2.05, 4.69) is 36.9 Å². The Bertz CT molecular complexity index is 464. The molecule has 1 heterocycles. The molecule has 0 amide bonds. The molecule has 4 rings (SSSR count). The van der Waals surface area contributed by atoms with Crippen molar-refractivity contribution in [2.45, 2.75) is 25.4 Å². The lowest BCUT2D eigenvalue weighted by molar-refractivity contribution is 0.0521. The zero-order chi connectivity index (χ0) is 11.4. The Hall–Kier alpha value is -1.24. The van der Waals surface area contributed by atoms with Crippen molar-refractivity contribution in [2.75, 3.05) is 0 Å². The van der Waals surface area contributed by atoms with Crippen molar-refractivity contribution in [2.24, 2.45) is 23.7 Å². The minimum absolute atomic E-state index is 0.492. The normalized spacial score (nSPS) is 41.5. The minimum Gasteiger partial charge on any atom is -0.490 e. The average Bonchev–Trinajstić information content (AvgIpc) is 2.94. The molecule has 1 aromatic carbocycles. The van der Waals surface area contributed by atoms with Gasteiger partial charge in [-0.2, -0.15) is 0 Å². The third kappa shape index (κ3) is 1.25. The number of ether oxygens (including phenoxy) is 1. The Morgan fingerprint density at radius 2 is 2.06 bits per heavy atom. The first-order valence-electron chi connectivity index (χ1n) is 6.74. The average molecular weight is 226 g/mol. The Morgan fingerprint density at radius 3 is 2.94 bits per heavy atom. The summed E-state index contributed by atoms with van der Waals surface area (Å²) in [5, 5.41) is 0. The van der Waals surface area contributed by atoms with Crippen molar-refractivity contribution in [3.05, 3.63) is 42.5 Å². The highest BCUT2D eigenvalue weighted by molar-refractivity contribution is 5.37. The standard InChI is InChI=1S/C16H18O/c1-2-10-7-12-9-13(10)14-8-11-5-3-4-6-15(11)17-16(12)14/h2-6,10,12-14,16H,1,7-9H2. The van der Waals surface area contributed by atoms with E-state index in [1.165, 1.54) is 24.8 Å². The van der Waals surface area contributed by atoms with E-state index in [1.54, 1.807) is 0 Å². The molecule has 0 saturated heterocycles. The molecule has 3 aliphatic rings. The molecule has 0 aromatic heterocycles. The molecule has 88 valence electrons. The quantitative estimate of drug-likeness (QED) is 0.666. The summed E-state index contributed by atoms with van der Waals surface area (Å²) in [6, 6.07) is 8.56. The molecule has 2 fully saturated rings. The maximum atomic E-state index is 6.25. The van der Waals surface area contributed by atoms with E-state index in [0.29, 0.717) is 6.10 Å². The van der Waals surface area contributed by atoms with Gasteiger partial charge in [0.2, 0.25) is 0 Å². The molecular formula is C16H18O. The predicted molar refractivity (Wildman–Crippen MR) is 68.0 cm³/mol. The highest BCUT2D eigenvalue weighted by Crippen LogP contribution is 2.56. The van der Waals surface area contributed by atoms with Gasteiger partial charge in [-0.05, 0) is 48.6 Å². The van der Waals surface area contributed by atoms with E-state index in [9.17, 15) is 0 Å². The number of benzene rings is 1. The second-order valence-electron chi connectivity index (χ2n) is 5.85. The van der Waals surface area contributed by atoms with Gasteiger partial charge in [-0.15, -0.1) is 6.58 Å². The maximum absolute atomic E-state index is 6.25. The first-order valence-corrected chi connectivity index (χ1v) is 6.74. The van der Waals surface area contributed by atoms with Gasteiger partial charge in [0, 0.05) is 5.92 Å². The van der Waals surface area contributed by atoms with E-state index in [0.717, 1.165) is 29.4 Å². The molecule has 5 unspecified atom stereocenters. The van der Waals surface area contributed by atoms with E-state index < -0.39 is 0 Å². The lowest BCUT2D eigenvalue weighted by Gasteiger charge is -2.39. The summed E-state index contributed by atoms with van der Waals surface area (Å²) in [7, 11) is 0. The van der Waals surface area contributed by atoms with Crippen LogP contribution in [0.4, 0.5) is 0 Å². The number of para-hydroxylation sites is 1. The first kappa shape index (κ1) is 9.76. The van der Waals surface area contributed by atoms with E-state index in [1.807, 2.05) is 0 Å². The summed E-state index contributed by atoms with van der Waals surface area (Å²) >= 11 is 0. The fraction of sp³-hybridized carbons (Fsp3) is 0.500. The third-order valence-electron chi connectivity index (χ3n) is 5.13. The van der Waals surface area contributed by atoms with Crippen LogP contribution in [0.25, 0.3) is 0 Å². The first-order chi connectivity index (χ1) is 8.36. The Labute approximate surface area is 102 Å². The molecule has 0 spiro atoms. The predicted octanol–water partition coefficient (Wildman–Crippen LogP) is 3.45. The Kier molecular flexibility index (Phi) is 1.94. The van der Waals surface area contributed by atoms with Crippen LogP contribution in [-0.4, -0.2) is 6.10 Å². The highest BCUT2D eigenvalue weighted by Gasteiger charge is 2.54. The van der Waals surface area contributed by atoms with Gasteiger partial charge >= 0.3 is 0 Å². The van der Waals surface area contributed by atoms with E-state index in [4.69, 9.17) is 4.74 Å². The second kappa shape index (κ2) is 3.38. The summed E-state index contributed by atoms with van der Waals surface area (Å²) in [5.41, 5.74) is 1.41. The van der Waals surface area contributed by atoms with Crippen LogP contribution < -0.4 is 4.74 Å². The molecule has 1 aliphatic heterocycles. The van der Waals surface area contributed by atoms with E-state index in [-0.39, 0.29) is 0 Å². The SMILES string of the molecule is C=CC1CC2CC1C1Cc3ccccc3OC21. The fourth-order valence-electron chi connectivity index (χ4n) is 4.41. The zero-order valence-corrected chi connectivity index (χ0v) is 10.0. The van der Waals surface area contributed by atoms with Gasteiger partial charge in [-0.1, -0.05) is 24.3 Å². The van der Waals surface area contributed by atoms with Crippen molar-refractivity contribution in [1.82, 2.24) is 0 Å². The van der Waals surface area contributed by atoms with Gasteiger partial charge in [-0.25, -0.2) is 0 Å². The van der Waals surface area contributed by atoms with Crippen molar-refractivity contribution in [3.63, 3.8) is 0 Å². The molecule has 0 radical (unpaired) electrons. The smallest absolute Gasteiger partial charge is 0.122 e. The molecule has 0 N–H and O–H groups in total. The molecule has 1 heteroatoms. The number of allylic oxidation sites excluding steroid dienone is 1. The Balaban J connectivity index is 1.70. The van der Waals surface area contributed by atoms with Gasteiger partial charge in [0.05, 0.1) is 0 Å². The molecule has 1 aromatic rings. The zero-order valence-electron chi connectivity index (χ0n) is 10.0. The number of hydrogen-bond donors (Lipinski definition) is 0. The van der Waals surface area contributed by atoms with Gasteiger partial charge in [0.15, 0.2) is 0 Å². The fourth-order valence-corrected chi connectivity index (χ4v) is 4.41. The highest BCUT2D eigenvalue weighted by atomic mass is 16.5. The van der Waals surface area contributed by atoms with Crippen LogP contribution in [0.15, 0.2) is 36.9 Å². The second-order valence-corrected chi connectivity index (χ2v) is 5.85. The van der Waals surface area contributed by atoms with Gasteiger partial charge in [-0.3, -0.25) is 0 Å². The number of hydrogen-bond acceptors (Lipinski definition) is 1. The molecule has 17 heavy (non-hydrogen) atoms. The van der Waals surface area contributed by atoms with Crippen molar-refractivity contribution < 1.29 is 4.74 Å². The third-order valence-corrected chi connectivity index (χ3v) is 5.13. The minimum atomic E-state index is 0.492. The maximum Gasteiger partial charge on any atom is 0.122 e. The molecule has 5 atom stereocenters. The van der Waals surface area contributed by atoms with Crippen molar-refractivity contribution in [3.8, 4) is 5.75 Å². The van der Waals surface area contributed by atoms with Crippen LogP contribution in [0.3, 0.4) is 0 Å². The van der Waals surface area contributed by atoms with Crippen LogP contribution in [-0.2, 0) is 6.42 Å². The van der Waals surface area contributed by atoms with Gasteiger partial charge in [0.25, 0.3) is 0 Å². The van der Waals surface area contributed by atoms with Crippen LogP contribution in [0.2, 0.25) is 0 Å². The van der Waals surface area contributed by atoms with Crippen LogP contribution >= 0.6 is 0 Å². The monoisotopic (exact) mass is 226 g/mol. The molecule has 2 aliphatic carbocycles. The summed E-state index contributed by atoms with van der Waals surface area (Å²) in [6.07, 6.45) is 6.55. The molecule has 2 saturated carbocycles. The van der Waals surface area contributed by atoms with Crippen molar-refractivity contribution in [1.29, 1.82) is 0 Å². The largest absolute Gasteiger partial charge is 0.490 e. The van der Waals surface area contributed by atoms with Crippen LogP contribution in [0.1, 0.15) is 18.4 Å². The van der Waals surface area contributed by atoms with Crippen LogP contribution in [0.5, 0.6) is 5.75 Å². The molecular weight excluding hydrogens is 208 g/mol. The van der Waals surface area contributed by atoms with Crippen LogP contribution in [0, 0.1) is 23.7 Å². The van der Waals surface area contributed by atoms with Crippen molar-refractivity contribution >= 4 is 0 Å². The topological polar surface area (TPSA) is 9.23 Å². The number of rotatable bonds is 1. The van der Waals surface area contributed by atoms with E-state index >= 15 is 0 Å². The lowest BCUT2D eigenvalue weighted by Crippen LogP contribution is -2.40. The number of fused-ring (bicyclic) bond motifs is 6. The summed E-state index contributed by atoms with van der Waals surface area (Å²) in [5.74, 6) is 4.23.